The second kappa shape index (κ2) is 7.99. The zero-order valence-corrected chi connectivity index (χ0v) is 16.9. The number of ether oxygens (including phenoxy) is 1. The summed E-state index contributed by atoms with van der Waals surface area (Å²) in [6.45, 7) is 4.23. The molecular formula is C23H25N5O2. The Morgan fingerprint density at radius 1 is 1.00 bits per heavy atom. The Morgan fingerprint density at radius 3 is 2.77 bits per heavy atom. The molecule has 1 spiro atoms. The van der Waals surface area contributed by atoms with Crippen molar-refractivity contribution in [3.8, 4) is 0 Å². The normalized spacial score (nSPS) is 22.3. The first-order valence-electron chi connectivity index (χ1n) is 10.5. The number of rotatable bonds is 2. The molecule has 2 aromatic heterocycles. The summed E-state index contributed by atoms with van der Waals surface area (Å²) in [4.78, 5) is 30.9. The lowest BCUT2D eigenvalue weighted by atomic mass is 9.80. The average molecular weight is 403 g/mol. The second-order valence-corrected chi connectivity index (χ2v) is 8.24. The Hall–Kier alpha value is -3.06. The van der Waals surface area contributed by atoms with E-state index < -0.39 is 0 Å². The summed E-state index contributed by atoms with van der Waals surface area (Å²) < 4.78 is 5.98. The molecule has 30 heavy (non-hydrogen) atoms. The SMILES string of the molecule is O=C(c1ccc2ccccc2n1)N1CCC[C@]2(COCCN(c3ncccn3)C2)C1. The van der Waals surface area contributed by atoms with Crippen molar-refractivity contribution in [3.05, 3.63) is 60.6 Å². The molecule has 3 aromatic rings. The van der Waals surface area contributed by atoms with Gasteiger partial charge in [0.05, 0.1) is 18.7 Å². The summed E-state index contributed by atoms with van der Waals surface area (Å²) in [5.74, 6) is 0.716. The number of carbonyl (C=O) groups is 1. The second-order valence-electron chi connectivity index (χ2n) is 8.24. The highest BCUT2D eigenvalue weighted by Gasteiger charge is 2.41. The Morgan fingerprint density at radius 2 is 1.87 bits per heavy atom. The highest BCUT2D eigenvalue weighted by Crippen LogP contribution is 2.34. The van der Waals surface area contributed by atoms with Crippen LogP contribution in [0.2, 0.25) is 0 Å². The first-order valence-corrected chi connectivity index (χ1v) is 10.5. The largest absolute Gasteiger partial charge is 0.379 e. The number of hydrogen-bond donors (Lipinski definition) is 0. The lowest BCUT2D eigenvalue weighted by Crippen LogP contribution is -2.52. The van der Waals surface area contributed by atoms with Gasteiger partial charge in [0, 0.05) is 49.4 Å². The molecule has 0 saturated carbocycles. The van der Waals surface area contributed by atoms with Crippen molar-refractivity contribution in [2.24, 2.45) is 5.41 Å². The van der Waals surface area contributed by atoms with E-state index in [1.54, 1.807) is 12.4 Å². The van der Waals surface area contributed by atoms with Crippen LogP contribution in [0.3, 0.4) is 0 Å². The Kier molecular flexibility index (Phi) is 5.04. The highest BCUT2D eigenvalue weighted by atomic mass is 16.5. The van der Waals surface area contributed by atoms with Crippen molar-refractivity contribution >= 4 is 22.8 Å². The lowest BCUT2D eigenvalue weighted by molar-refractivity contribution is 0.0133. The van der Waals surface area contributed by atoms with Crippen LogP contribution in [-0.4, -0.2) is 65.2 Å². The van der Waals surface area contributed by atoms with Crippen LogP contribution in [0.15, 0.2) is 54.9 Å². The first-order chi connectivity index (χ1) is 14.7. The van der Waals surface area contributed by atoms with Crippen molar-refractivity contribution < 1.29 is 9.53 Å². The van der Waals surface area contributed by atoms with Gasteiger partial charge in [0.15, 0.2) is 0 Å². The Labute approximate surface area is 175 Å². The molecule has 2 aliphatic rings. The molecule has 0 unspecified atom stereocenters. The molecule has 1 atom stereocenters. The third-order valence-electron chi connectivity index (χ3n) is 6.04. The number of amides is 1. The van der Waals surface area contributed by atoms with E-state index in [1.165, 1.54) is 0 Å². The number of nitrogens with zero attached hydrogens (tertiary/aromatic N) is 5. The Balaban J connectivity index is 1.38. The third-order valence-corrected chi connectivity index (χ3v) is 6.04. The molecule has 0 aliphatic carbocycles. The maximum absolute atomic E-state index is 13.3. The molecular weight excluding hydrogens is 378 g/mol. The van der Waals surface area contributed by atoms with Crippen LogP contribution in [0, 0.1) is 5.41 Å². The fourth-order valence-corrected chi connectivity index (χ4v) is 4.59. The van der Waals surface area contributed by atoms with Crippen LogP contribution in [0.4, 0.5) is 5.95 Å². The number of benzene rings is 1. The monoisotopic (exact) mass is 403 g/mol. The van der Waals surface area contributed by atoms with Crippen LogP contribution in [0.1, 0.15) is 23.3 Å². The van der Waals surface area contributed by atoms with E-state index in [9.17, 15) is 4.79 Å². The minimum absolute atomic E-state index is 0.00779. The molecule has 0 bridgehead atoms. The van der Waals surface area contributed by atoms with Crippen molar-refractivity contribution in [2.75, 3.05) is 44.3 Å². The number of pyridine rings is 1. The average Bonchev–Trinajstić information content (AvgIpc) is 3.01. The van der Waals surface area contributed by atoms with E-state index in [2.05, 4.69) is 19.9 Å². The molecule has 7 nitrogen and oxygen atoms in total. The van der Waals surface area contributed by atoms with Crippen molar-refractivity contribution in [1.82, 2.24) is 19.9 Å². The molecule has 5 rings (SSSR count). The van der Waals surface area contributed by atoms with Crippen molar-refractivity contribution in [2.45, 2.75) is 12.8 Å². The van der Waals surface area contributed by atoms with Crippen LogP contribution in [0.25, 0.3) is 10.9 Å². The van der Waals surface area contributed by atoms with Gasteiger partial charge < -0.3 is 14.5 Å². The predicted octanol–water partition coefficient (Wildman–Crippen LogP) is 2.78. The molecule has 7 heteroatoms. The maximum atomic E-state index is 13.3. The van der Waals surface area contributed by atoms with Gasteiger partial charge in [0.1, 0.15) is 5.69 Å². The molecule has 1 aromatic carbocycles. The summed E-state index contributed by atoms with van der Waals surface area (Å²) in [7, 11) is 0. The van der Waals surface area contributed by atoms with Crippen LogP contribution in [0.5, 0.6) is 0 Å². The molecule has 0 N–H and O–H groups in total. The smallest absolute Gasteiger partial charge is 0.272 e. The molecule has 4 heterocycles. The molecule has 2 saturated heterocycles. The van der Waals surface area contributed by atoms with Gasteiger partial charge in [-0.25, -0.2) is 15.0 Å². The van der Waals surface area contributed by atoms with E-state index in [1.807, 2.05) is 47.4 Å². The summed E-state index contributed by atoms with van der Waals surface area (Å²) in [5, 5.41) is 1.04. The minimum Gasteiger partial charge on any atom is -0.379 e. The Bertz CT molecular complexity index is 1040. The summed E-state index contributed by atoms with van der Waals surface area (Å²) >= 11 is 0. The zero-order valence-electron chi connectivity index (χ0n) is 16.9. The number of likely N-dealkylation sites (tertiary alicyclic amines) is 1. The van der Waals surface area contributed by atoms with Gasteiger partial charge in [-0.15, -0.1) is 0 Å². The van der Waals surface area contributed by atoms with Gasteiger partial charge in [-0.1, -0.05) is 24.3 Å². The van der Waals surface area contributed by atoms with Gasteiger partial charge >= 0.3 is 0 Å². The number of carbonyl (C=O) groups excluding carboxylic acids is 1. The predicted molar refractivity (Wildman–Crippen MR) is 114 cm³/mol. The summed E-state index contributed by atoms with van der Waals surface area (Å²) in [6, 6.07) is 13.5. The van der Waals surface area contributed by atoms with Crippen molar-refractivity contribution in [1.29, 1.82) is 0 Å². The van der Waals surface area contributed by atoms with E-state index in [-0.39, 0.29) is 11.3 Å². The lowest BCUT2D eigenvalue weighted by Gasteiger charge is -2.43. The maximum Gasteiger partial charge on any atom is 0.272 e. The number of anilines is 1. The third kappa shape index (κ3) is 3.73. The molecule has 2 aliphatic heterocycles. The summed E-state index contributed by atoms with van der Waals surface area (Å²) in [6.07, 6.45) is 5.50. The van der Waals surface area contributed by atoms with Gasteiger partial charge in [0.2, 0.25) is 5.95 Å². The number of aromatic nitrogens is 3. The van der Waals surface area contributed by atoms with Gasteiger partial charge in [-0.2, -0.15) is 0 Å². The van der Waals surface area contributed by atoms with E-state index in [0.29, 0.717) is 25.5 Å². The van der Waals surface area contributed by atoms with Crippen LogP contribution >= 0.6 is 0 Å². The van der Waals surface area contributed by atoms with Crippen molar-refractivity contribution in [3.63, 3.8) is 0 Å². The van der Waals surface area contributed by atoms with Gasteiger partial charge in [-0.05, 0) is 31.0 Å². The number of fused-ring (bicyclic) bond motifs is 1. The first kappa shape index (κ1) is 18.9. The number of hydrogen-bond acceptors (Lipinski definition) is 6. The molecule has 2 fully saturated rings. The van der Waals surface area contributed by atoms with E-state index in [0.717, 1.165) is 49.3 Å². The fourth-order valence-electron chi connectivity index (χ4n) is 4.59. The van der Waals surface area contributed by atoms with Gasteiger partial charge in [-0.3, -0.25) is 4.79 Å². The van der Waals surface area contributed by atoms with E-state index >= 15 is 0 Å². The minimum atomic E-state index is -0.125. The topological polar surface area (TPSA) is 71.5 Å². The molecule has 1 amide bonds. The molecule has 154 valence electrons. The molecule has 0 radical (unpaired) electrons. The number of para-hydroxylation sites is 1. The van der Waals surface area contributed by atoms with Crippen LogP contribution < -0.4 is 4.90 Å². The fraction of sp³-hybridized carbons (Fsp3) is 0.391. The van der Waals surface area contributed by atoms with Crippen LogP contribution in [-0.2, 0) is 4.74 Å². The standard InChI is InChI=1S/C23H25N5O2/c29-21(20-8-7-18-5-1-2-6-19(18)26-20)27-12-3-9-23(15-27)16-28(13-14-30-17-23)22-24-10-4-11-25-22/h1-2,4-8,10-11H,3,9,12-17H2/t23-/m0/s1. The van der Waals surface area contributed by atoms with E-state index in [4.69, 9.17) is 4.74 Å². The zero-order chi connectivity index (χ0) is 20.4. The highest BCUT2D eigenvalue weighted by molar-refractivity contribution is 5.95. The van der Waals surface area contributed by atoms with Gasteiger partial charge in [0.25, 0.3) is 5.91 Å². The summed E-state index contributed by atoms with van der Waals surface area (Å²) in [5.41, 5.74) is 1.23. The number of piperidine rings is 1. The quantitative estimate of drug-likeness (QED) is 0.655.